The average Bonchev–Trinajstić information content (AvgIpc) is 2.85. The largest absolute Gasteiger partial charge is 0.416 e. The van der Waals surface area contributed by atoms with Gasteiger partial charge in [-0.3, -0.25) is 13.9 Å². The molecule has 1 aliphatic carbocycles. The van der Waals surface area contributed by atoms with Crippen molar-refractivity contribution in [2.45, 2.75) is 70.8 Å². The Morgan fingerprint density at radius 1 is 1.05 bits per heavy atom. The normalized spacial score (nSPS) is 15.5. The zero-order chi connectivity index (χ0) is 28.1. The highest BCUT2D eigenvalue weighted by Crippen LogP contribution is 2.32. The predicted molar refractivity (Wildman–Crippen MR) is 140 cm³/mol. The van der Waals surface area contributed by atoms with Crippen molar-refractivity contribution >= 4 is 27.5 Å². The molecule has 38 heavy (non-hydrogen) atoms. The first-order chi connectivity index (χ1) is 17.8. The molecule has 1 aliphatic rings. The van der Waals surface area contributed by atoms with Gasteiger partial charge >= 0.3 is 6.18 Å². The molecule has 1 fully saturated rings. The van der Waals surface area contributed by atoms with Crippen LogP contribution in [0.5, 0.6) is 0 Å². The quantitative estimate of drug-likeness (QED) is 0.490. The van der Waals surface area contributed by atoms with Gasteiger partial charge in [-0.15, -0.1) is 0 Å². The summed E-state index contributed by atoms with van der Waals surface area (Å²) >= 11 is 0. The van der Waals surface area contributed by atoms with Gasteiger partial charge in [-0.1, -0.05) is 55.2 Å². The molecule has 0 aromatic heterocycles. The van der Waals surface area contributed by atoms with Crippen LogP contribution in [0.3, 0.4) is 0 Å². The lowest BCUT2D eigenvalue weighted by Crippen LogP contribution is -2.53. The van der Waals surface area contributed by atoms with Gasteiger partial charge in [0.25, 0.3) is 0 Å². The Morgan fingerprint density at radius 2 is 1.71 bits per heavy atom. The van der Waals surface area contributed by atoms with Gasteiger partial charge in [-0.2, -0.15) is 13.2 Å². The van der Waals surface area contributed by atoms with Crippen molar-refractivity contribution in [2.24, 2.45) is 0 Å². The van der Waals surface area contributed by atoms with Crippen LogP contribution in [0.15, 0.2) is 48.5 Å². The zero-order valence-corrected chi connectivity index (χ0v) is 22.6. The molecule has 1 N–H and O–H groups in total. The molecule has 0 radical (unpaired) electrons. The first-order valence-electron chi connectivity index (χ1n) is 12.6. The molecule has 1 unspecified atom stereocenters. The predicted octanol–water partition coefficient (Wildman–Crippen LogP) is 4.65. The second-order valence-electron chi connectivity index (χ2n) is 9.85. The van der Waals surface area contributed by atoms with Crippen molar-refractivity contribution < 1.29 is 31.2 Å². The number of nitrogens with zero attached hydrogens (tertiary/aromatic N) is 2. The molecule has 1 atom stereocenters. The molecule has 0 spiro atoms. The van der Waals surface area contributed by atoms with E-state index in [1.807, 2.05) is 25.1 Å². The minimum absolute atomic E-state index is 0.00671. The Bertz CT molecular complexity index is 1240. The van der Waals surface area contributed by atoms with Crippen LogP contribution in [0.1, 0.15) is 55.7 Å². The number of hydrogen-bond acceptors (Lipinski definition) is 4. The number of sulfonamides is 1. The van der Waals surface area contributed by atoms with Gasteiger partial charge in [0.15, 0.2) is 0 Å². The Labute approximate surface area is 222 Å². The maximum absolute atomic E-state index is 13.6. The molecule has 0 heterocycles. The molecule has 1 saturated carbocycles. The fourth-order valence-corrected chi connectivity index (χ4v) is 5.45. The van der Waals surface area contributed by atoms with E-state index in [4.69, 9.17) is 0 Å². The number of benzene rings is 2. The van der Waals surface area contributed by atoms with E-state index in [-0.39, 0.29) is 24.2 Å². The maximum atomic E-state index is 13.6. The third kappa shape index (κ3) is 7.96. The SMILES string of the molecule is Cc1cccc(CN(C(=O)CN(c2cccc(C(F)(F)F)c2)S(C)(=O)=O)C(C)C(=O)NC2CCCCC2)c1. The fourth-order valence-electron chi connectivity index (χ4n) is 4.61. The summed E-state index contributed by atoms with van der Waals surface area (Å²) in [6.45, 7) is 2.72. The van der Waals surface area contributed by atoms with Crippen LogP contribution in [0.4, 0.5) is 18.9 Å². The highest BCUT2D eigenvalue weighted by Gasteiger charge is 2.34. The van der Waals surface area contributed by atoms with Crippen LogP contribution < -0.4 is 9.62 Å². The number of halogens is 3. The molecule has 2 amide bonds. The van der Waals surface area contributed by atoms with E-state index in [0.717, 1.165) is 61.6 Å². The minimum atomic E-state index is -4.69. The Kier molecular flexibility index (Phi) is 9.45. The van der Waals surface area contributed by atoms with Gasteiger partial charge in [-0.25, -0.2) is 8.42 Å². The number of rotatable bonds is 9. The van der Waals surface area contributed by atoms with Gasteiger partial charge in [-0.05, 0) is 50.5 Å². The smallest absolute Gasteiger partial charge is 0.352 e. The summed E-state index contributed by atoms with van der Waals surface area (Å²) in [5.41, 5.74) is 0.356. The van der Waals surface area contributed by atoms with Gasteiger partial charge in [0.05, 0.1) is 17.5 Å². The second kappa shape index (κ2) is 12.2. The third-order valence-corrected chi connectivity index (χ3v) is 7.84. The van der Waals surface area contributed by atoms with Crippen molar-refractivity contribution in [3.8, 4) is 0 Å². The molecule has 3 rings (SSSR count). The van der Waals surface area contributed by atoms with E-state index in [9.17, 15) is 31.2 Å². The van der Waals surface area contributed by atoms with Crippen molar-refractivity contribution in [3.63, 3.8) is 0 Å². The van der Waals surface area contributed by atoms with E-state index in [2.05, 4.69) is 5.32 Å². The Morgan fingerprint density at radius 3 is 2.32 bits per heavy atom. The number of nitrogens with one attached hydrogen (secondary N) is 1. The molecular formula is C27H34F3N3O4S. The van der Waals surface area contributed by atoms with Crippen molar-refractivity contribution in [3.05, 3.63) is 65.2 Å². The highest BCUT2D eigenvalue weighted by atomic mass is 32.2. The molecule has 2 aromatic carbocycles. The van der Waals surface area contributed by atoms with Gasteiger partial charge in [0.2, 0.25) is 21.8 Å². The van der Waals surface area contributed by atoms with Gasteiger partial charge < -0.3 is 10.2 Å². The molecule has 0 aliphatic heterocycles. The molecule has 0 saturated heterocycles. The number of anilines is 1. The molecule has 7 nitrogen and oxygen atoms in total. The first kappa shape index (κ1) is 29.5. The van der Waals surface area contributed by atoms with E-state index < -0.39 is 40.3 Å². The summed E-state index contributed by atoms with van der Waals surface area (Å²) in [4.78, 5) is 28.0. The summed E-state index contributed by atoms with van der Waals surface area (Å²) in [6, 6.07) is 10.2. The van der Waals surface area contributed by atoms with E-state index in [1.54, 1.807) is 13.0 Å². The molecule has 2 aromatic rings. The van der Waals surface area contributed by atoms with Crippen molar-refractivity contribution in [2.75, 3.05) is 17.1 Å². The number of hydrogen-bond donors (Lipinski definition) is 1. The van der Waals surface area contributed by atoms with E-state index in [1.165, 1.54) is 11.0 Å². The fraction of sp³-hybridized carbons (Fsp3) is 0.481. The van der Waals surface area contributed by atoms with Crippen molar-refractivity contribution in [1.82, 2.24) is 10.2 Å². The third-order valence-electron chi connectivity index (χ3n) is 6.69. The first-order valence-corrected chi connectivity index (χ1v) is 14.4. The van der Waals surface area contributed by atoms with Crippen LogP contribution in [0.2, 0.25) is 0 Å². The standard InChI is InChI=1S/C27H34F3N3O4S/c1-19-9-7-10-21(15-19)17-32(20(2)26(35)31-23-12-5-4-6-13-23)25(34)18-33(38(3,36)37)24-14-8-11-22(16-24)27(28,29)30/h7-11,14-16,20,23H,4-6,12-13,17-18H2,1-3H3,(H,31,35). The lowest BCUT2D eigenvalue weighted by Gasteiger charge is -2.33. The number of alkyl halides is 3. The molecular weight excluding hydrogens is 519 g/mol. The van der Waals surface area contributed by atoms with Crippen LogP contribution in [-0.2, 0) is 32.3 Å². The van der Waals surface area contributed by atoms with E-state index in [0.29, 0.717) is 10.4 Å². The summed E-state index contributed by atoms with van der Waals surface area (Å²) < 4.78 is 65.7. The molecule has 208 valence electrons. The summed E-state index contributed by atoms with van der Waals surface area (Å²) in [7, 11) is -4.14. The summed E-state index contributed by atoms with van der Waals surface area (Å²) in [5.74, 6) is -1.07. The van der Waals surface area contributed by atoms with Crippen molar-refractivity contribution in [1.29, 1.82) is 0 Å². The van der Waals surface area contributed by atoms with Crippen LogP contribution in [0.25, 0.3) is 0 Å². The zero-order valence-electron chi connectivity index (χ0n) is 21.8. The van der Waals surface area contributed by atoms with Crippen LogP contribution >= 0.6 is 0 Å². The molecule has 11 heteroatoms. The second-order valence-corrected chi connectivity index (χ2v) is 11.8. The van der Waals surface area contributed by atoms with Crippen LogP contribution in [0, 0.1) is 6.92 Å². The number of aryl methyl sites for hydroxylation is 1. The Balaban J connectivity index is 1.91. The minimum Gasteiger partial charge on any atom is -0.352 e. The monoisotopic (exact) mass is 553 g/mol. The van der Waals surface area contributed by atoms with Gasteiger partial charge in [0, 0.05) is 12.6 Å². The number of carbonyl (C=O) groups excluding carboxylic acids is 2. The molecule has 0 bridgehead atoms. The van der Waals surface area contributed by atoms with E-state index >= 15 is 0 Å². The van der Waals surface area contributed by atoms with Crippen LogP contribution in [-0.4, -0.2) is 50.0 Å². The van der Waals surface area contributed by atoms with Gasteiger partial charge in [0.1, 0.15) is 12.6 Å². The highest BCUT2D eigenvalue weighted by molar-refractivity contribution is 7.92. The number of carbonyl (C=O) groups is 2. The summed E-state index contributed by atoms with van der Waals surface area (Å²) in [5, 5.41) is 3.00. The number of amides is 2. The maximum Gasteiger partial charge on any atom is 0.416 e. The summed E-state index contributed by atoms with van der Waals surface area (Å²) in [6.07, 6.45) is 0.952. The lowest BCUT2D eigenvalue weighted by molar-refractivity contribution is -0.139. The Hall–Kier alpha value is -3.08. The average molecular weight is 554 g/mol. The lowest BCUT2D eigenvalue weighted by atomic mass is 9.95. The topological polar surface area (TPSA) is 86.8 Å².